The van der Waals surface area contributed by atoms with Crippen LogP contribution in [-0.4, -0.2) is 18.6 Å². The van der Waals surface area contributed by atoms with Crippen LogP contribution in [-0.2, 0) is 10.1 Å². The van der Waals surface area contributed by atoms with Gasteiger partial charge in [-0.15, -0.1) is 0 Å². The Bertz CT molecular complexity index is 1050. The third-order valence-electron chi connectivity index (χ3n) is 3.03. The third-order valence-corrected chi connectivity index (χ3v) is 4.53. The molecule has 0 amide bonds. The fraction of sp³-hybridized carbons (Fsp3) is 0.0714. The molecule has 2 heterocycles. The summed E-state index contributed by atoms with van der Waals surface area (Å²) in [4.78, 5) is 3.74. The van der Waals surface area contributed by atoms with Crippen LogP contribution in [0.4, 0.5) is 0 Å². The maximum absolute atomic E-state index is 12.3. The summed E-state index contributed by atoms with van der Waals surface area (Å²) < 4.78 is 34.7. The molecule has 0 aliphatic heterocycles. The lowest BCUT2D eigenvalue weighted by Crippen LogP contribution is -2.10. The van der Waals surface area contributed by atoms with Gasteiger partial charge in [-0.2, -0.15) is 13.7 Å². The Hall–Kier alpha value is -2.63. The molecule has 3 aromatic rings. The van der Waals surface area contributed by atoms with Gasteiger partial charge in [0.1, 0.15) is 4.90 Å². The molecule has 0 aliphatic carbocycles. The van der Waals surface area contributed by atoms with Gasteiger partial charge in [0.2, 0.25) is 0 Å². The van der Waals surface area contributed by atoms with Crippen LogP contribution in [0.15, 0.2) is 39.9 Å². The molecule has 3 rings (SSSR count). The van der Waals surface area contributed by atoms with Crippen LogP contribution in [0.5, 0.6) is 5.75 Å². The highest BCUT2D eigenvalue weighted by molar-refractivity contribution is 7.87. The number of fused-ring (bicyclic) bond motifs is 1. The predicted octanol–water partition coefficient (Wildman–Crippen LogP) is 2.82. The molecule has 0 fully saturated rings. The predicted molar refractivity (Wildman–Crippen MR) is 80.5 cm³/mol. The monoisotopic (exact) mass is 349 g/mol. The van der Waals surface area contributed by atoms with Crippen molar-refractivity contribution in [2.75, 3.05) is 0 Å². The number of aryl methyl sites for hydroxylation is 1. The summed E-state index contributed by atoms with van der Waals surface area (Å²) in [5.41, 5.74) is 1.04. The van der Waals surface area contributed by atoms with Gasteiger partial charge in [0.05, 0.1) is 33.9 Å². The number of rotatable bonds is 3. The molecule has 0 radical (unpaired) electrons. The molecule has 0 aliphatic rings. The van der Waals surface area contributed by atoms with E-state index in [1.165, 1.54) is 24.3 Å². The van der Waals surface area contributed by atoms with Crippen LogP contribution in [0.25, 0.3) is 11.1 Å². The number of halogens is 1. The maximum Gasteiger partial charge on any atom is 0.340 e. The summed E-state index contributed by atoms with van der Waals surface area (Å²) in [5, 5.41) is 13.0. The SMILES string of the molecule is Cc1noc2ncc(S(=O)(=O)Oc3ccc(C#N)cc3Cl)cc12. The maximum atomic E-state index is 12.3. The van der Waals surface area contributed by atoms with E-state index in [-0.39, 0.29) is 21.4 Å². The Morgan fingerprint density at radius 2 is 2.13 bits per heavy atom. The quantitative estimate of drug-likeness (QED) is 0.669. The van der Waals surface area contributed by atoms with Crippen LogP contribution in [0.2, 0.25) is 5.02 Å². The van der Waals surface area contributed by atoms with E-state index in [1.807, 2.05) is 6.07 Å². The Labute approximate surface area is 136 Å². The Morgan fingerprint density at radius 1 is 1.35 bits per heavy atom. The van der Waals surface area contributed by atoms with Crippen molar-refractivity contribution in [2.45, 2.75) is 11.8 Å². The van der Waals surface area contributed by atoms with Gasteiger partial charge in [-0.05, 0) is 31.2 Å². The van der Waals surface area contributed by atoms with Crippen molar-refractivity contribution < 1.29 is 17.1 Å². The van der Waals surface area contributed by atoms with Crippen molar-refractivity contribution in [3.63, 3.8) is 0 Å². The summed E-state index contributed by atoms with van der Waals surface area (Å²) in [7, 11) is -4.14. The minimum atomic E-state index is -4.14. The minimum Gasteiger partial charge on any atom is -0.377 e. The normalized spacial score (nSPS) is 11.3. The van der Waals surface area contributed by atoms with Gasteiger partial charge in [-0.3, -0.25) is 0 Å². The van der Waals surface area contributed by atoms with E-state index in [0.717, 1.165) is 6.20 Å². The third kappa shape index (κ3) is 2.84. The molecule has 0 N–H and O–H groups in total. The Morgan fingerprint density at radius 3 is 2.83 bits per heavy atom. The van der Waals surface area contributed by atoms with Crippen molar-refractivity contribution in [3.8, 4) is 11.8 Å². The standard InChI is InChI=1S/C14H8ClN3O4S/c1-8-11-5-10(7-17-14(11)21-18-8)23(19,20)22-13-3-2-9(6-16)4-12(13)15/h2-5,7H,1H3. The fourth-order valence-electron chi connectivity index (χ4n) is 1.87. The number of benzene rings is 1. The fourth-order valence-corrected chi connectivity index (χ4v) is 3.05. The van der Waals surface area contributed by atoms with Crippen molar-refractivity contribution in [1.82, 2.24) is 10.1 Å². The molecule has 0 bridgehead atoms. The van der Waals surface area contributed by atoms with E-state index >= 15 is 0 Å². The second kappa shape index (κ2) is 5.53. The zero-order chi connectivity index (χ0) is 16.6. The molecule has 0 saturated carbocycles. The summed E-state index contributed by atoms with van der Waals surface area (Å²) in [6.07, 6.45) is 1.11. The van der Waals surface area contributed by atoms with Crippen LogP contribution in [0.3, 0.4) is 0 Å². The summed E-state index contributed by atoms with van der Waals surface area (Å²) in [5.74, 6) is -0.0761. The van der Waals surface area contributed by atoms with E-state index in [4.69, 9.17) is 25.6 Å². The first-order valence-corrected chi connectivity index (χ1v) is 8.05. The molecule has 0 unspecified atom stereocenters. The number of hydrogen-bond donors (Lipinski definition) is 0. The zero-order valence-corrected chi connectivity index (χ0v) is 13.2. The smallest absolute Gasteiger partial charge is 0.340 e. The van der Waals surface area contributed by atoms with Crippen molar-refractivity contribution in [1.29, 1.82) is 5.26 Å². The second-order valence-electron chi connectivity index (χ2n) is 4.59. The minimum absolute atomic E-state index is 0.0165. The summed E-state index contributed by atoms with van der Waals surface area (Å²) in [6.45, 7) is 1.67. The van der Waals surface area contributed by atoms with Crippen LogP contribution >= 0.6 is 11.6 Å². The number of aromatic nitrogens is 2. The molecule has 9 heteroatoms. The molecule has 2 aromatic heterocycles. The number of hydrogen-bond acceptors (Lipinski definition) is 7. The molecule has 0 atom stereocenters. The lowest BCUT2D eigenvalue weighted by atomic mass is 10.2. The Kier molecular flexibility index (Phi) is 3.67. The summed E-state index contributed by atoms with van der Waals surface area (Å²) >= 11 is 5.92. The van der Waals surface area contributed by atoms with Gasteiger partial charge >= 0.3 is 10.1 Å². The Balaban J connectivity index is 2.00. The van der Waals surface area contributed by atoms with Crippen LogP contribution < -0.4 is 4.18 Å². The van der Waals surface area contributed by atoms with Crippen molar-refractivity contribution in [3.05, 3.63) is 46.7 Å². The van der Waals surface area contributed by atoms with Gasteiger partial charge in [0.25, 0.3) is 5.71 Å². The highest BCUT2D eigenvalue weighted by Gasteiger charge is 2.21. The van der Waals surface area contributed by atoms with Gasteiger partial charge in [0, 0.05) is 0 Å². The largest absolute Gasteiger partial charge is 0.377 e. The molecular weight excluding hydrogens is 342 g/mol. The van der Waals surface area contributed by atoms with E-state index < -0.39 is 10.1 Å². The number of nitriles is 1. The lowest BCUT2D eigenvalue weighted by Gasteiger charge is -2.08. The molecule has 1 aromatic carbocycles. The zero-order valence-electron chi connectivity index (χ0n) is 11.6. The van der Waals surface area contributed by atoms with Crippen LogP contribution in [0, 0.1) is 18.3 Å². The molecule has 0 spiro atoms. The molecule has 23 heavy (non-hydrogen) atoms. The average Bonchev–Trinajstić information content (AvgIpc) is 2.90. The van der Waals surface area contributed by atoms with E-state index in [0.29, 0.717) is 16.6 Å². The number of pyridine rings is 1. The van der Waals surface area contributed by atoms with Gasteiger partial charge in [-0.25, -0.2) is 4.98 Å². The highest BCUT2D eigenvalue weighted by atomic mass is 35.5. The molecular formula is C14H8ClN3O4S. The van der Waals surface area contributed by atoms with E-state index in [9.17, 15) is 8.42 Å². The van der Waals surface area contributed by atoms with Gasteiger partial charge in [0.15, 0.2) is 5.75 Å². The highest BCUT2D eigenvalue weighted by Crippen LogP contribution is 2.29. The van der Waals surface area contributed by atoms with E-state index in [2.05, 4.69) is 10.1 Å². The first-order chi connectivity index (χ1) is 10.9. The van der Waals surface area contributed by atoms with Crippen LogP contribution in [0.1, 0.15) is 11.3 Å². The topological polar surface area (TPSA) is 106 Å². The van der Waals surface area contributed by atoms with Crippen molar-refractivity contribution >= 4 is 32.8 Å². The lowest BCUT2D eigenvalue weighted by molar-refractivity contribution is 0.442. The first kappa shape index (κ1) is 15.3. The average molecular weight is 350 g/mol. The van der Waals surface area contributed by atoms with Crippen molar-refractivity contribution in [2.24, 2.45) is 0 Å². The van der Waals surface area contributed by atoms with E-state index in [1.54, 1.807) is 6.92 Å². The molecule has 116 valence electrons. The second-order valence-corrected chi connectivity index (χ2v) is 6.54. The van der Waals surface area contributed by atoms with Gasteiger partial charge < -0.3 is 8.71 Å². The summed E-state index contributed by atoms with van der Waals surface area (Å²) in [6, 6.07) is 7.30. The molecule has 0 saturated heterocycles. The van der Waals surface area contributed by atoms with Gasteiger partial charge in [-0.1, -0.05) is 16.8 Å². The molecule has 7 nitrogen and oxygen atoms in total. The first-order valence-electron chi connectivity index (χ1n) is 6.27. The number of nitrogens with zero attached hydrogens (tertiary/aromatic N) is 3.